The van der Waals surface area contributed by atoms with E-state index in [1.807, 2.05) is 4.90 Å². The Kier molecular flexibility index (Phi) is 3.50. The Morgan fingerprint density at radius 3 is 2.85 bits per heavy atom. The largest absolute Gasteiger partial charge is 0.433 e. The van der Waals surface area contributed by atoms with Crippen molar-refractivity contribution < 1.29 is 17.9 Å². The van der Waals surface area contributed by atoms with Crippen molar-refractivity contribution in [2.75, 3.05) is 18.1 Å². The molecule has 1 aromatic heterocycles. The third-order valence-corrected chi connectivity index (χ3v) is 3.92. The Balaban J connectivity index is 1.95. The number of halogens is 4. The Bertz CT molecular complexity index is 511. The Morgan fingerprint density at radius 2 is 2.10 bits per heavy atom. The summed E-state index contributed by atoms with van der Waals surface area (Å²) in [6.45, 7) is 1.01. The van der Waals surface area contributed by atoms with Crippen molar-refractivity contribution in [3.8, 4) is 0 Å². The van der Waals surface area contributed by atoms with Gasteiger partial charge in [-0.3, -0.25) is 0 Å². The summed E-state index contributed by atoms with van der Waals surface area (Å²) in [6, 6.07) is 1.04. The molecule has 1 saturated carbocycles. The number of anilines is 1. The fourth-order valence-corrected chi connectivity index (χ4v) is 3.09. The normalized spacial score (nSPS) is 26.7. The second-order valence-electron chi connectivity index (χ2n) is 4.98. The molecule has 1 aromatic rings. The second kappa shape index (κ2) is 5.04. The van der Waals surface area contributed by atoms with E-state index in [-0.39, 0.29) is 23.2 Å². The van der Waals surface area contributed by atoms with E-state index >= 15 is 0 Å². The summed E-state index contributed by atoms with van der Waals surface area (Å²) < 4.78 is 44.0. The zero-order chi connectivity index (χ0) is 14.3. The van der Waals surface area contributed by atoms with Crippen molar-refractivity contribution in [1.82, 2.24) is 9.97 Å². The molecule has 2 fully saturated rings. The monoisotopic (exact) mass is 307 g/mol. The molecule has 4 nitrogen and oxygen atoms in total. The maximum Gasteiger partial charge on any atom is 0.433 e. The van der Waals surface area contributed by atoms with Gasteiger partial charge in [-0.05, 0) is 30.9 Å². The number of morpholine rings is 1. The molecule has 3 rings (SSSR count). The van der Waals surface area contributed by atoms with Gasteiger partial charge >= 0.3 is 6.18 Å². The number of alkyl halides is 3. The molecule has 2 heterocycles. The number of hydrogen-bond donors (Lipinski definition) is 0. The first-order valence-corrected chi connectivity index (χ1v) is 6.83. The van der Waals surface area contributed by atoms with E-state index in [1.54, 1.807) is 0 Å². The molecule has 2 unspecified atom stereocenters. The molecule has 1 aliphatic heterocycles. The quantitative estimate of drug-likeness (QED) is 0.748. The highest BCUT2D eigenvalue weighted by molar-refractivity contribution is 6.28. The maximum absolute atomic E-state index is 12.8. The molecule has 0 N–H and O–H groups in total. The van der Waals surface area contributed by atoms with Crippen molar-refractivity contribution in [3.63, 3.8) is 0 Å². The molecule has 20 heavy (non-hydrogen) atoms. The van der Waals surface area contributed by atoms with Crippen LogP contribution in [0, 0.1) is 0 Å². The van der Waals surface area contributed by atoms with Crippen LogP contribution in [0.1, 0.15) is 25.0 Å². The van der Waals surface area contributed by atoms with Gasteiger partial charge < -0.3 is 9.64 Å². The summed E-state index contributed by atoms with van der Waals surface area (Å²) in [7, 11) is 0. The molecular formula is C12H13ClF3N3O. The first-order chi connectivity index (χ1) is 9.45. The average molecular weight is 308 g/mol. The lowest BCUT2D eigenvalue weighted by molar-refractivity contribution is -0.141. The molecule has 2 atom stereocenters. The van der Waals surface area contributed by atoms with Crippen LogP contribution in [0.5, 0.6) is 0 Å². The molecule has 2 aliphatic rings. The van der Waals surface area contributed by atoms with Crippen molar-refractivity contribution in [1.29, 1.82) is 0 Å². The highest BCUT2D eigenvalue weighted by atomic mass is 35.5. The van der Waals surface area contributed by atoms with Crippen molar-refractivity contribution in [2.24, 2.45) is 0 Å². The Morgan fingerprint density at radius 1 is 1.30 bits per heavy atom. The van der Waals surface area contributed by atoms with Crippen LogP contribution >= 0.6 is 11.6 Å². The fourth-order valence-electron chi connectivity index (χ4n) is 2.91. The summed E-state index contributed by atoms with van der Waals surface area (Å²) in [6.07, 6.45) is -1.61. The lowest BCUT2D eigenvalue weighted by atomic mass is 10.1. The van der Waals surface area contributed by atoms with E-state index in [0.717, 1.165) is 25.3 Å². The van der Waals surface area contributed by atoms with Crippen molar-refractivity contribution >= 4 is 17.4 Å². The predicted molar refractivity (Wildman–Crippen MR) is 66.8 cm³/mol. The van der Waals surface area contributed by atoms with Crippen LogP contribution in [0.4, 0.5) is 19.0 Å². The minimum Gasteiger partial charge on any atom is -0.374 e. The molecule has 0 spiro atoms. The first-order valence-electron chi connectivity index (χ1n) is 6.45. The molecule has 0 bridgehead atoms. The van der Waals surface area contributed by atoms with Crippen LogP contribution in [-0.2, 0) is 10.9 Å². The van der Waals surface area contributed by atoms with E-state index in [0.29, 0.717) is 13.2 Å². The molecule has 0 radical (unpaired) electrons. The lowest BCUT2D eigenvalue weighted by Gasteiger charge is -2.38. The summed E-state index contributed by atoms with van der Waals surface area (Å²) >= 11 is 5.64. The highest BCUT2D eigenvalue weighted by Gasteiger charge is 2.39. The van der Waals surface area contributed by atoms with Gasteiger partial charge in [0.1, 0.15) is 5.82 Å². The van der Waals surface area contributed by atoms with Crippen LogP contribution in [0.3, 0.4) is 0 Å². The molecule has 1 aliphatic carbocycles. The van der Waals surface area contributed by atoms with Gasteiger partial charge in [0.2, 0.25) is 5.28 Å². The minimum atomic E-state index is -4.53. The molecule has 1 saturated heterocycles. The smallest absolute Gasteiger partial charge is 0.374 e. The highest BCUT2D eigenvalue weighted by Crippen LogP contribution is 2.35. The third-order valence-electron chi connectivity index (χ3n) is 3.75. The maximum atomic E-state index is 12.8. The topological polar surface area (TPSA) is 38.2 Å². The number of ether oxygens (including phenoxy) is 1. The van der Waals surface area contributed by atoms with Crippen molar-refractivity contribution in [2.45, 2.75) is 37.6 Å². The second-order valence-corrected chi connectivity index (χ2v) is 5.32. The number of hydrogen-bond acceptors (Lipinski definition) is 4. The Labute approximate surface area is 118 Å². The standard InChI is InChI=1S/C12H13ClF3N3O/c13-11-17-9(12(14,15)16)6-10(18-11)19-4-5-20-8-3-1-2-7(8)19/h6-8H,1-5H2. The SMILES string of the molecule is FC(F)(F)c1cc(N2CCOC3CCCC32)nc(Cl)n1. The van der Waals surface area contributed by atoms with Crippen LogP contribution in [0.15, 0.2) is 6.07 Å². The zero-order valence-electron chi connectivity index (χ0n) is 10.5. The molecular weight excluding hydrogens is 295 g/mol. The predicted octanol–water partition coefficient (Wildman–Crippen LogP) is 2.91. The molecule has 0 amide bonds. The van der Waals surface area contributed by atoms with E-state index in [2.05, 4.69) is 9.97 Å². The van der Waals surface area contributed by atoms with E-state index in [1.165, 1.54) is 0 Å². The van der Waals surface area contributed by atoms with Gasteiger partial charge in [-0.25, -0.2) is 9.97 Å². The molecule has 8 heteroatoms. The lowest BCUT2D eigenvalue weighted by Crippen LogP contribution is -2.49. The van der Waals surface area contributed by atoms with Crippen LogP contribution in [0.25, 0.3) is 0 Å². The van der Waals surface area contributed by atoms with Gasteiger partial charge in [-0.2, -0.15) is 13.2 Å². The van der Waals surface area contributed by atoms with Gasteiger partial charge in [0.25, 0.3) is 0 Å². The summed E-state index contributed by atoms with van der Waals surface area (Å²) in [4.78, 5) is 9.08. The molecule has 0 aromatic carbocycles. The Hall–Kier alpha value is -1.08. The van der Waals surface area contributed by atoms with Gasteiger partial charge in [-0.15, -0.1) is 0 Å². The van der Waals surface area contributed by atoms with Gasteiger partial charge in [0.15, 0.2) is 5.69 Å². The van der Waals surface area contributed by atoms with Crippen molar-refractivity contribution in [3.05, 3.63) is 17.0 Å². The molecule has 110 valence electrons. The number of aromatic nitrogens is 2. The van der Waals surface area contributed by atoms with Gasteiger partial charge in [0, 0.05) is 12.6 Å². The van der Waals surface area contributed by atoms with E-state index in [4.69, 9.17) is 16.3 Å². The summed E-state index contributed by atoms with van der Waals surface area (Å²) in [5, 5.41) is -0.379. The van der Waals surface area contributed by atoms with E-state index in [9.17, 15) is 13.2 Å². The fraction of sp³-hybridized carbons (Fsp3) is 0.667. The van der Waals surface area contributed by atoms with E-state index < -0.39 is 11.9 Å². The first kappa shape index (κ1) is 13.9. The average Bonchev–Trinajstić information content (AvgIpc) is 2.84. The zero-order valence-corrected chi connectivity index (χ0v) is 11.3. The van der Waals surface area contributed by atoms with Crippen LogP contribution in [0.2, 0.25) is 5.28 Å². The minimum absolute atomic E-state index is 0.0758. The van der Waals surface area contributed by atoms with Gasteiger partial charge in [0.05, 0.1) is 18.8 Å². The third kappa shape index (κ3) is 2.56. The number of fused-ring (bicyclic) bond motifs is 1. The van der Waals surface area contributed by atoms with Crippen LogP contribution in [-0.4, -0.2) is 35.3 Å². The van der Waals surface area contributed by atoms with Crippen LogP contribution < -0.4 is 4.90 Å². The summed E-state index contributed by atoms with van der Waals surface area (Å²) in [5.74, 6) is 0.234. The van der Waals surface area contributed by atoms with Gasteiger partial charge in [-0.1, -0.05) is 0 Å². The number of rotatable bonds is 1. The number of nitrogens with zero attached hydrogens (tertiary/aromatic N) is 3. The summed E-state index contributed by atoms with van der Waals surface area (Å²) in [5.41, 5.74) is -1.01.